The SMILES string of the molecule is COc1ccc(C(N)=O)c(-c2c(Cl)ccc3c2C[C@@](CN[C@H]2CC[C@H](C(=O)OC)CC2)(c2ccccc2)O3)c1F. The van der Waals surface area contributed by atoms with Crippen molar-refractivity contribution in [2.75, 3.05) is 20.8 Å². The molecule has 0 radical (unpaired) electrons. The van der Waals surface area contributed by atoms with Crippen LogP contribution in [0, 0.1) is 11.7 Å². The van der Waals surface area contributed by atoms with Gasteiger partial charge in [0.2, 0.25) is 5.91 Å². The van der Waals surface area contributed by atoms with E-state index in [0.29, 0.717) is 29.8 Å². The molecule has 1 fully saturated rings. The van der Waals surface area contributed by atoms with E-state index >= 15 is 4.39 Å². The number of halogens is 2. The van der Waals surface area contributed by atoms with Gasteiger partial charge in [0.25, 0.3) is 0 Å². The number of hydrogen-bond acceptors (Lipinski definition) is 6. The Hall–Kier alpha value is -3.62. The molecule has 1 heterocycles. The molecule has 1 saturated carbocycles. The monoisotopic (exact) mass is 566 g/mol. The zero-order valence-corrected chi connectivity index (χ0v) is 23.2. The fraction of sp³-hybridized carbons (Fsp3) is 0.355. The molecule has 7 nitrogen and oxygen atoms in total. The van der Waals surface area contributed by atoms with E-state index in [1.807, 2.05) is 30.3 Å². The van der Waals surface area contributed by atoms with Crippen molar-refractivity contribution in [2.24, 2.45) is 11.7 Å². The molecule has 3 N–H and O–H groups in total. The third-order valence-electron chi connectivity index (χ3n) is 8.07. The zero-order chi connectivity index (χ0) is 28.4. The average Bonchev–Trinajstić information content (AvgIpc) is 3.36. The highest BCUT2D eigenvalue weighted by Gasteiger charge is 2.44. The Balaban J connectivity index is 1.52. The van der Waals surface area contributed by atoms with Gasteiger partial charge in [0.15, 0.2) is 17.2 Å². The van der Waals surface area contributed by atoms with E-state index in [-0.39, 0.29) is 39.8 Å². The Morgan fingerprint density at radius 1 is 1.05 bits per heavy atom. The number of nitrogens with one attached hydrogen (secondary N) is 1. The molecule has 210 valence electrons. The maximum atomic E-state index is 15.8. The van der Waals surface area contributed by atoms with Crippen LogP contribution >= 0.6 is 11.6 Å². The lowest BCUT2D eigenvalue weighted by molar-refractivity contribution is -0.146. The van der Waals surface area contributed by atoms with Gasteiger partial charge in [-0.15, -0.1) is 0 Å². The van der Waals surface area contributed by atoms with Crippen molar-refractivity contribution in [3.8, 4) is 22.6 Å². The summed E-state index contributed by atoms with van der Waals surface area (Å²) in [6.45, 7) is 0.472. The number of methoxy groups -OCH3 is 2. The number of hydrogen-bond donors (Lipinski definition) is 2. The summed E-state index contributed by atoms with van der Waals surface area (Å²) in [7, 11) is 2.78. The van der Waals surface area contributed by atoms with Gasteiger partial charge in [-0.2, -0.15) is 0 Å². The normalized spacial score (nSPS) is 21.8. The highest BCUT2D eigenvalue weighted by molar-refractivity contribution is 6.34. The maximum Gasteiger partial charge on any atom is 0.308 e. The first-order valence-corrected chi connectivity index (χ1v) is 13.7. The Morgan fingerprint density at radius 2 is 1.77 bits per heavy atom. The van der Waals surface area contributed by atoms with Gasteiger partial charge >= 0.3 is 5.97 Å². The number of primary amides is 1. The number of carbonyl (C=O) groups excluding carboxylic acids is 2. The number of benzene rings is 3. The lowest BCUT2D eigenvalue weighted by Gasteiger charge is -2.34. The minimum absolute atomic E-state index is 0.00439. The molecule has 5 rings (SSSR count). The van der Waals surface area contributed by atoms with Crippen LogP contribution in [0.1, 0.15) is 47.2 Å². The molecule has 0 spiro atoms. The first-order valence-electron chi connectivity index (χ1n) is 13.3. The predicted octanol–water partition coefficient (Wildman–Crippen LogP) is 5.41. The van der Waals surface area contributed by atoms with Crippen LogP contribution in [0.3, 0.4) is 0 Å². The number of ether oxygens (including phenoxy) is 3. The molecule has 2 aliphatic rings. The van der Waals surface area contributed by atoms with Crippen molar-refractivity contribution in [3.63, 3.8) is 0 Å². The lowest BCUT2D eigenvalue weighted by Crippen LogP contribution is -2.47. The Bertz CT molecular complexity index is 1420. The molecule has 9 heteroatoms. The van der Waals surface area contributed by atoms with E-state index in [9.17, 15) is 9.59 Å². The molecule has 0 bridgehead atoms. The summed E-state index contributed by atoms with van der Waals surface area (Å²) >= 11 is 6.71. The van der Waals surface area contributed by atoms with E-state index in [1.165, 1.54) is 26.4 Å². The molecule has 3 aromatic rings. The van der Waals surface area contributed by atoms with E-state index in [0.717, 1.165) is 31.2 Å². The van der Waals surface area contributed by atoms with Crippen LogP contribution in [-0.4, -0.2) is 38.7 Å². The lowest BCUT2D eigenvalue weighted by atomic mass is 9.83. The fourth-order valence-corrected chi connectivity index (χ4v) is 6.22. The van der Waals surface area contributed by atoms with Crippen LogP contribution in [0.2, 0.25) is 5.02 Å². The van der Waals surface area contributed by atoms with Crippen molar-refractivity contribution in [1.82, 2.24) is 5.32 Å². The molecule has 0 saturated heterocycles. The van der Waals surface area contributed by atoms with Gasteiger partial charge in [0.1, 0.15) is 5.75 Å². The topological polar surface area (TPSA) is 99.9 Å². The maximum absolute atomic E-state index is 15.8. The van der Waals surface area contributed by atoms with Crippen LogP contribution in [0.5, 0.6) is 11.5 Å². The highest BCUT2D eigenvalue weighted by Crippen LogP contribution is 2.49. The smallest absolute Gasteiger partial charge is 0.308 e. The largest absolute Gasteiger partial charge is 0.494 e. The number of esters is 1. The van der Waals surface area contributed by atoms with Crippen LogP contribution in [0.4, 0.5) is 4.39 Å². The van der Waals surface area contributed by atoms with E-state index in [1.54, 1.807) is 12.1 Å². The molecule has 40 heavy (non-hydrogen) atoms. The Kier molecular flexibility index (Phi) is 8.01. The second-order valence-electron chi connectivity index (χ2n) is 10.4. The van der Waals surface area contributed by atoms with Crippen molar-refractivity contribution < 1.29 is 28.2 Å². The second-order valence-corrected chi connectivity index (χ2v) is 10.8. The molecule has 0 aromatic heterocycles. The quantitative estimate of drug-likeness (QED) is 0.354. The number of nitrogens with two attached hydrogens (primary N) is 1. The minimum Gasteiger partial charge on any atom is -0.494 e. The molecule has 1 amide bonds. The van der Waals surface area contributed by atoms with E-state index in [2.05, 4.69) is 5.32 Å². The summed E-state index contributed by atoms with van der Waals surface area (Å²) in [5.74, 6) is -1.18. The van der Waals surface area contributed by atoms with Crippen LogP contribution in [0.25, 0.3) is 11.1 Å². The van der Waals surface area contributed by atoms with Crippen LogP contribution in [-0.2, 0) is 21.6 Å². The first-order chi connectivity index (χ1) is 19.3. The van der Waals surface area contributed by atoms with Crippen LogP contribution < -0.4 is 20.5 Å². The average molecular weight is 567 g/mol. The summed E-state index contributed by atoms with van der Waals surface area (Å²) in [5.41, 5.74) is 6.84. The summed E-state index contributed by atoms with van der Waals surface area (Å²) in [6.07, 6.45) is 3.57. The van der Waals surface area contributed by atoms with Crippen molar-refractivity contribution in [3.05, 3.63) is 82.1 Å². The molecule has 1 aliphatic heterocycles. The van der Waals surface area contributed by atoms with Crippen LogP contribution in [0.15, 0.2) is 54.6 Å². The van der Waals surface area contributed by atoms with Gasteiger partial charge in [-0.3, -0.25) is 9.59 Å². The van der Waals surface area contributed by atoms with Gasteiger partial charge in [-0.1, -0.05) is 41.9 Å². The summed E-state index contributed by atoms with van der Waals surface area (Å²) in [4.78, 5) is 24.3. The zero-order valence-electron chi connectivity index (χ0n) is 22.5. The third-order valence-corrected chi connectivity index (χ3v) is 8.38. The standard InChI is InChI=1S/C31H32ClFN2O5/c1-38-25-14-12-21(29(34)36)27(28(25)33)26-22-16-31(19-6-4-3-5-7-19,40-24(22)15-13-23(26)32)17-35-20-10-8-18(9-11-20)30(37)39-2/h3-7,12-15,18,20,35H,8-11,16-17H2,1-2H3,(H2,34,36)/t18-,20-,31-/m1/s1. The van der Waals surface area contributed by atoms with Gasteiger partial charge in [-0.05, 0) is 55.5 Å². The number of carbonyl (C=O) groups is 2. The predicted molar refractivity (Wildman–Crippen MR) is 150 cm³/mol. The van der Waals surface area contributed by atoms with E-state index < -0.39 is 17.3 Å². The number of rotatable bonds is 8. The summed E-state index contributed by atoms with van der Waals surface area (Å²) in [5, 5.41) is 3.94. The van der Waals surface area contributed by atoms with Crippen molar-refractivity contribution in [2.45, 2.75) is 43.7 Å². The molecule has 1 atom stereocenters. The van der Waals surface area contributed by atoms with Gasteiger partial charge < -0.3 is 25.3 Å². The Labute approximate surface area is 237 Å². The second kappa shape index (κ2) is 11.5. The van der Waals surface area contributed by atoms with E-state index in [4.69, 9.17) is 31.5 Å². The molecule has 0 unspecified atom stereocenters. The van der Waals surface area contributed by atoms with Gasteiger partial charge in [-0.25, -0.2) is 4.39 Å². The van der Waals surface area contributed by atoms with Crippen molar-refractivity contribution >= 4 is 23.5 Å². The molecule has 1 aliphatic carbocycles. The van der Waals surface area contributed by atoms with Crippen molar-refractivity contribution in [1.29, 1.82) is 0 Å². The minimum atomic E-state index is -0.815. The molecular weight excluding hydrogens is 535 g/mol. The highest BCUT2D eigenvalue weighted by atomic mass is 35.5. The fourth-order valence-electron chi connectivity index (χ4n) is 5.95. The number of amides is 1. The Morgan fingerprint density at radius 3 is 2.42 bits per heavy atom. The summed E-state index contributed by atoms with van der Waals surface area (Å²) < 4.78 is 32.6. The van der Waals surface area contributed by atoms with Gasteiger partial charge in [0.05, 0.1) is 25.7 Å². The molecule has 3 aromatic carbocycles. The van der Waals surface area contributed by atoms with Gasteiger partial charge in [0, 0.05) is 40.7 Å². The molecular formula is C31H32ClFN2O5. The number of fused-ring (bicyclic) bond motifs is 1. The first kappa shape index (κ1) is 27.9. The third kappa shape index (κ3) is 5.13. The summed E-state index contributed by atoms with van der Waals surface area (Å²) in [6, 6.07) is 16.3.